The van der Waals surface area contributed by atoms with Crippen LogP contribution in [0.3, 0.4) is 0 Å². The maximum Gasteiger partial charge on any atom is 0.373 e. The summed E-state index contributed by atoms with van der Waals surface area (Å²) >= 11 is 0. The Bertz CT molecular complexity index is 958. The van der Waals surface area contributed by atoms with E-state index in [9.17, 15) is 13.2 Å². The molecule has 2 aromatic carbocycles. The smallest absolute Gasteiger partial charge is 0.373 e. The van der Waals surface area contributed by atoms with Gasteiger partial charge in [-0.05, 0) is 31.2 Å². The number of carbonyl (C=O) groups excluding carboxylic acids is 1. The fourth-order valence-corrected chi connectivity index (χ4v) is 3.10. The van der Waals surface area contributed by atoms with Crippen LogP contribution in [0, 0.1) is 0 Å². The largest absolute Gasteiger partial charge is 0.441 e. The van der Waals surface area contributed by atoms with E-state index < -0.39 is 10.1 Å². The number of furan rings is 1. The third-order valence-corrected chi connectivity index (χ3v) is 4.39. The summed E-state index contributed by atoms with van der Waals surface area (Å²) in [4.78, 5) is 11.8. The average molecular weight is 345 g/mol. The minimum absolute atomic E-state index is 0.0409. The number of benzene rings is 2. The van der Waals surface area contributed by atoms with Crippen LogP contribution < -0.4 is 9.50 Å². The van der Waals surface area contributed by atoms with Crippen molar-refractivity contribution in [2.45, 2.75) is 12.0 Å². The monoisotopic (exact) mass is 345 g/mol. The Morgan fingerprint density at radius 1 is 1.12 bits per heavy atom. The summed E-state index contributed by atoms with van der Waals surface area (Å²) in [6.07, 6.45) is 0. The maximum absolute atomic E-state index is 12.4. The van der Waals surface area contributed by atoms with Crippen LogP contribution in [-0.2, 0) is 10.1 Å². The van der Waals surface area contributed by atoms with Gasteiger partial charge in [0, 0.05) is 23.6 Å². The predicted octanol–water partition coefficient (Wildman–Crippen LogP) is 2.95. The van der Waals surface area contributed by atoms with E-state index in [2.05, 4.69) is 5.32 Å². The second kappa shape index (κ2) is 6.37. The Morgan fingerprint density at radius 3 is 2.67 bits per heavy atom. The zero-order valence-corrected chi connectivity index (χ0v) is 13.7. The first-order valence-corrected chi connectivity index (χ1v) is 8.72. The average Bonchev–Trinajstić information content (AvgIpc) is 3.00. The molecule has 3 aromatic rings. The van der Waals surface area contributed by atoms with Crippen molar-refractivity contribution in [1.82, 2.24) is 5.32 Å². The van der Waals surface area contributed by atoms with Gasteiger partial charge in [0.05, 0.1) is 0 Å². The molecule has 3 rings (SSSR count). The lowest BCUT2D eigenvalue weighted by Crippen LogP contribution is -2.22. The van der Waals surface area contributed by atoms with Gasteiger partial charge in [0.15, 0.2) is 0 Å². The molecule has 124 valence electrons. The van der Waals surface area contributed by atoms with Crippen molar-refractivity contribution in [2.24, 2.45) is 0 Å². The number of amides is 1. The van der Waals surface area contributed by atoms with Crippen LogP contribution in [0.5, 0.6) is 5.75 Å². The first-order valence-electron chi connectivity index (χ1n) is 7.31. The Hall–Kier alpha value is -2.80. The zero-order valence-electron chi connectivity index (χ0n) is 12.9. The highest BCUT2D eigenvalue weighted by atomic mass is 32.2. The molecule has 0 aliphatic rings. The van der Waals surface area contributed by atoms with Crippen LogP contribution >= 0.6 is 0 Å². The van der Waals surface area contributed by atoms with Crippen molar-refractivity contribution >= 4 is 27.0 Å². The highest BCUT2D eigenvalue weighted by molar-refractivity contribution is 7.87. The number of hydrogen-bond acceptors (Lipinski definition) is 5. The van der Waals surface area contributed by atoms with Crippen LogP contribution in [0.25, 0.3) is 11.0 Å². The van der Waals surface area contributed by atoms with Crippen molar-refractivity contribution in [3.05, 3.63) is 60.2 Å². The predicted molar refractivity (Wildman–Crippen MR) is 88.5 cm³/mol. The number of hydrogen-bond donors (Lipinski definition) is 1. The van der Waals surface area contributed by atoms with E-state index in [0.29, 0.717) is 23.1 Å². The summed E-state index contributed by atoms with van der Waals surface area (Å²) < 4.78 is 35.1. The zero-order chi connectivity index (χ0) is 17.2. The topological polar surface area (TPSA) is 85.6 Å². The van der Waals surface area contributed by atoms with Gasteiger partial charge in [0.2, 0.25) is 0 Å². The molecule has 7 heteroatoms. The number of fused-ring (bicyclic) bond motifs is 1. The van der Waals surface area contributed by atoms with Crippen molar-refractivity contribution in [3.8, 4) is 5.75 Å². The van der Waals surface area contributed by atoms with Gasteiger partial charge in [0.25, 0.3) is 11.0 Å². The number of rotatable bonds is 5. The van der Waals surface area contributed by atoms with E-state index in [1.165, 1.54) is 18.2 Å². The molecule has 1 N–H and O–H groups in total. The molecule has 24 heavy (non-hydrogen) atoms. The lowest BCUT2D eigenvalue weighted by molar-refractivity contribution is 0.0955. The molecule has 0 radical (unpaired) electrons. The molecule has 1 amide bonds. The second-order valence-electron chi connectivity index (χ2n) is 5.03. The highest BCUT2D eigenvalue weighted by Gasteiger charge is 2.22. The molecule has 1 aromatic heterocycles. The Kier molecular flexibility index (Phi) is 4.26. The summed E-state index contributed by atoms with van der Waals surface area (Å²) in [6, 6.07) is 14.3. The molecule has 6 nitrogen and oxygen atoms in total. The number of nitrogens with one attached hydrogen (secondary N) is 1. The van der Waals surface area contributed by atoms with Crippen LogP contribution in [0.15, 0.2) is 64.1 Å². The Labute approximate surface area is 139 Å². The minimum Gasteiger partial charge on any atom is -0.441 e. The maximum atomic E-state index is 12.4. The van der Waals surface area contributed by atoms with Crippen LogP contribution in [0.1, 0.15) is 17.3 Å². The van der Waals surface area contributed by atoms with Crippen LogP contribution in [0.4, 0.5) is 0 Å². The molecule has 0 saturated carbocycles. The Balaban J connectivity index is 1.89. The van der Waals surface area contributed by atoms with Gasteiger partial charge in [0.1, 0.15) is 11.3 Å². The van der Waals surface area contributed by atoms with Crippen molar-refractivity contribution < 1.29 is 21.8 Å². The summed E-state index contributed by atoms with van der Waals surface area (Å²) in [5.41, 5.74) is 0.768. The highest BCUT2D eigenvalue weighted by Crippen LogP contribution is 2.25. The third kappa shape index (κ3) is 3.26. The molecule has 0 fully saturated rings. The minimum atomic E-state index is -4.13. The van der Waals surface area contributed by atoms with E-state index in [4.69, 9.17) is 8.60 Å². The summed E-state index contributed by atoms with van der Waals surface area (Å²) in [5.74, 6) is -0.261. The van der Waals surface area contributed by atoms with Crippen LogP contribution in [-0.4, -0.2) is 20.9 Å². The van der Waals surface area contributed by atoms with Gasteiger partial charge in [-0.15, -0.1) is 0 Å². The van der Waals surface area contributed by atoms with Gasteiger partial charge >= 0.3 is 10.1 Å². The molecule has 0 atom stereocenters. The molecule has 1 heterocycles. The second-order valence-corrected chi connectivity index (χ2v) is 6.51. The molecular weight excluding hydrogens is 330 g/mol. The van der Waals surface area contributed by atoms with E-state index >= 15 is 0 Å². The molecule has 0 aliphatic carbocycles. The van der Waals surface area contributed by atoms with E-state index in [-0.39, 0.29) is 16.7 Å². The van der Waals surface area contributed by atoms with Gasteiger partial charge < -0.3 is 13.9 Å². The molecule has 0 saturated heterocycles. The summed E-state index contributed by atoms with van der Waals surface area (Å²) in [5, 5.41) is 3.02. The number of carbonyl (C=O) groups is 1. The van der Waals surface area contributed by atoms with Crippen molar-refractivity contribution in [2.75, 3.05) is 6.54 Å². The molecular formula is C17H15NO5S. The normalized spacial score (nSPS) is 11.4. The Morgan fingerprint density at radius 2 is 1.92 bits per heavy atom. The molecule has 0 spiro atoms. The third-order valence-electron chi connectivity index (χ3n) is 3.29. The first kappa shape index (κ1) is 16.1. The molecule has 0 aliphatic heterocycles. The standard InChI is InChI=1S/C17H15NO5S/c1-2-18-17(19)13-7-5-8-14(10-13)23-24(20,21)16-11-12-6-3-4-9-15(12)22-16/h3-11H,2H2,1H3,(H,18,19). The SMILES string of the molecule is CCNC(=O)c1cccc(OS(=O)(=O)c2cc3ccccc3o2)c1. The van der Waals surface area contributed by atoms with Gasteiger partial charge in [-0.1, -0.05) is 24.3 Å². The summed E-state index contributed by atoms with van der Waals surface area (Å²) in [7, 11) is -4.13. The first-order chi connectivity index (χ1) is 11.5. The molecule has 0 bridgehead atoms. The van der Waals surface area contributed by atoms with E-state index in [0.717, 1.165) is 0 Å². The fraction of sp³-hybridized carbons (Fsp3) is 0.118. The van der Waals surface area contributed by atoms with Crippen LogP contribution in [0.2, 0.25) is 0 Å². The van der Waals surface area contributed by atoms with Crippen molar-refractivity contribution in [3.63, 3.8) is 0 Å². The lowest BCUT2D eigenvalue weighted by Gasteiger charge is -2.07. The van der Waals surface area contributed by atoms with Gasteiger partial charge in [-0.25, -0.2) is 0 Å². The van der Waals surface area contributed by atoms with E-state index in [1.54, 1.807) is 43.3 Å². The summed E-state index contributed by atoms with van der Waals surface area (Å²) in [6.45, 7) is 2.27. The molecule has 0 unspecified atom stereocenters. The fourth-order valence-electron chi connectivity index (χ4n) is 2.20. The quantitative estimate of drug-likeness (QED) is 0.719. The van der Waals surface area contributed by atoms with Gasteiger partial charge in [-0.3, -0.25) is 4.79 Å². The van der Waals surface area contributed by atoms with Crippen molar-refractivity contribution in [1.29, 1.82) is 0 Å². The lowest BCUT2D eigenvalue weighted by atomic mass is 10.2. The van der Waals surface area contributed by atoms with E-state index in [1.807, 2.05) is 0 Å². The number of para-hydroxylation sites is 1. The van der Waals surface area contributed by atoms with Gasteiger partial charge in [-0.2, -0.15) is 8.42 Å².